The summed E-state index contributed by atoms with van der Waals surface area (Å²) < 4.78 is 5.28. The SMILES string of the molecule is CCCCOC(=O)CCC(CCNCC(O)c1cc(Cl)c(N)c(Cl)c1)c1ccccc1. The molecule has 0 saturated carbocycles. The minimum Gasteiger partial charge on any atom is -0.466 e. The smallest absolute Gasteiger partial charge is 0.305 e. The van der Waals surface area contributed by atoms with Gasteiger partial charge in [-0.3, -0.25) is 4.79 Å². The molecule has 2 unspecified atom stereocenters. The van der Waals surface area contributed by atoms with Gasteiger partial charge in [0.2, 0.25) is 0 Å². The molecule has 0 radical (unpaired) electrons. The molecule has 0 aliphatic rings. The molecule has 0 heterocycles. The Morgan fingerprint density at radius 2 is 1.81 bits per heavy atom. The highest BCUT2D eigenvalue weighted by Gasteiger charge is 2.16. The van der Waals surface area contributed by atoms with E-state index < -0.39 is 6.10 Å². The van der Waals surface area contributed by atoms with Gasteiger partial charge in [-0.15, -0.1) is 0 Å². The van der Waals surface area contributed by atoms with Crippen LogP contribution in [0.15, 0.2) is 42.5 Å². The van der Waals surface area contributed by atoms with E-state index >= 15 is 0 Å². The summed E-state index contributed by atoms with van der Waals surface area (Å²) in [5.41, 5.74) is 7.88. The van der Waals surface area contributed by atoms with Crippen molar-refractivity contribution in [2.45, 2.75) is 51.0 Å². The topological polar surface area (TPSA) is 84.6 Å². The number of hydrogen-bond acceptors (Lipinski definition) is 5. The van der Waals surface area contributed by atoms with Crippen molar-refractivity contribution in [3.8, 4) is 0 Å². The molecule has 2 atom stereocenters. The van der Waals surface area contributed by atoms with Crippen molar-refractivity contribution in [2.24, 2.45) is 0 Å². The monoisotopic (exact) mass is 466 g/mol. The Kier molecular flexibility index (Phi) is 11.2. The number of aliphatic hydroxyl groups excluding tert-OH is 1. The zero-order valence-electron chi connectivity index (χ0n) is 17.9. The first kappa shape index (κ1) is 25.5. The van der Waals surface area contributed by atoms with Crippen molar-refractivity contribution >= 4 is 34.9 Å². The number of aliphatic hydroxyl groups is 1. The highest BCUT2D eigenvalue weighted by molar-refractivity contribution is 6.38. The van der Waals surface area contributed by atoms with Crippen LogP contribution in [0.3, 0.4) is 0 Å². The van der Waals surface area contributed by atoms with Crippen molar-refractivity contribution in [3.63, 3.8) is 0 Å². The van der Waals surface area contributed by atoms with Gasteiger partial charge < -0.3 is 20.9 Å². The second kappa shape index (κ2) is 13.6. The van der Waals surface area contributed by atoms with Gasteiger partial charge >= 0.3 is 5.97 Å². The molecule has 0 fully saturated rings. The summed E-state index contributed by atoms with van der Waals surface area (Å²) in [4.78, 5) is 12.0. The van der Waals surface area contributed by atoms with E-state index in [1.165, 1.54) is 5.56 Å². The molecule has 5 nitrogen and oxygen atoms in total. The molecule has 31 heavy (non-hydrogen) atoms. The molecule has 0 saturated heterocycles. The first-order valence-corrected chi connectivity index (χ1v) is 11.5. The van der Waals surface area contributed by atoms with Crippen molar-refractivity contribution in [1.82, 2.24) is 5.32 Å². The van der Waals surface area contributed by atoms with Crippen molar-refractivity contribution < 1.29 is 14.6 Å². The zero-order chi connectivity index (χ0) is 22.6. The van der Waals surface area contributed by atoms with Gasteiger partial charge in [0.05, 0.1) is 28.4 Å². The second-order valence-electron chi connectivity index (χ2n) is 7.63. The lowest BCUT2D eigenvalue weighted by molar-refractivity contribution is -0.143. The molecule has 0 aromatic heterocycles. The number of unbranched alkanes of at least 4 members (excludes halogenated alkanes) is 1. The molecule has 0 aliphatic carbocycles. The van der Waals surface area contributed by atoms with Gasteiger partial charge in [-0.05, 0) is 55.0 Å². The average Bonchev–Trinajstić information content (AvgIpc) is 2.77. The van der Waals surface area contributed by atoms with Gasteiger partial charge in [-0.2, -0.15) is 0 Å². The molecule has 0 spiro atoms. The number of nitrogens with one attached hydrogen (secondary N) is 1. The van der Waals surface area contributed by atoms with Crippen LogP contribution in [0, 0.1) is 0 Å². The van der Waals surface area contributed by atoms with E-state index in [9.17, 15) is 9.90 Å². The second-order valence-corrected chi connectivity index (χ2v) is 8.44. The minimum absolute atomic E-state index is 0.144. The quantitative estimate of drug-likeness (QED) is 0.206. The molecule has 0 bridgehead atoms. The number of halogens is 2. The predicted octanol–water partition coefficient (Wildman–Crippen LogP) is 5.50. The molecule has 7 heteroatoms. The van der Waals surface area contributed by atoms with Crippen LogP contribution in [0.1, 0.15) is 62.2 Å². The fourth-order valence-electron chi connectivity index (χ4n) is 3.33. The van der Waals surface area contributed by atoms with Crippen molar-refractivity contribution in [1.29, 1.82) is 0 Å². The maximum atomic E-state index is 12.0. The molecular formula is C24H32Cl2N2O3. The number of hydrogen-bond donors (Lipinski definition) is 3. The fraction of sp³-hybridized carbons (Fsp3) is 0.458. The maximum absolute atomic E-state index is 12.0. The fourth-order valence-corrected chi connectivity index (χ4v) is 3.83. The molecule has 2 aromatic carbocycles. The summed E-state index contributed by atoms with van der Waals surface area (Å²) in [7, 11) is 0. The van der Waals surface area contributed by atoms with Crippen LogP contribution in [-0.4, -0.2) is 30.8 Å². The zero-order valence-corrected chi connectivity index (χ0v) is 19.5. The molecule has 2 aromatic rings. The Hall–Kier alpha value is -1.79. The Morgan fingerprint density at radius 3 is 2.45 bits per heavy atom. The lowest BCUT2D eigenvalue weighted by Crippen LogP contribution is -2.24. The third-order valence-electron chi connectivity index (χ3n) is 5.22. The van der Waals surface area contributed by atoms with Crippen LogP contribution in [0.5, 0.6) is 0 Å². The van der Waals surface area contributed by atoms with Crippen LogP contribution in [0.2, 0.25) is 10.0 Å². The molecule has 0 amide bonds. The van der Waals surface area contributed by atoms with Crippen LogP contribution in [-0.2, 0) is 9.53 Å². The number of benzene rings is 2. The third-order valence-corrected chi connectivity index (χ3v) is 5.85. The average molecular weight is 467 g/mol. The summed E-state index contributed by atoms with van der Waals surface area (Å²) in [6.45, 7) is 3.61. The van der Waals surface area contributed by atoms with E-state index in [1.54, 1.807) is 12.1 Å². The minimum atomic E-state index is -0.751. The number of carbonyl (C=O) groups is 1. The number of rotatable bonds is 13. The summed E-state index contributed by atoms with van der Waals surface area (Å²) in [6, 6.07) is 13.4. The molecular weight excluding hydrogens is 435 g/mol. The lowest BCUT2D eigenvalue weighted by Gasteiger charge is -2.19. The van der Waals surface area contributed by atoms with Gasteiger partial charge in [0.1, 0.15) is 0 Å². The largest absolute Gasteiger partial charge is 0.466 e. The van der Waals surface area contributed by atoms with Gasteiger partial charge in [0, 0.05) is 13.0 Å². The van der Waals surface area contributed by atoms with Crippen LogP contribution < -0.4 is 11.1 Å². The molecule has 4 N–H and O–H groups in total. The first-order valence-electron chi connectivity index (χ1n) is 10.8. The van der Waals surface area contributed by atoms with Crippen LogP contribution in [0.25, 0.3) is 0 Å². The van der Waals surface area contributed by atoms with Crippen molar-refractivity contribution in [2.75, 3.05) is 25.4 Å². The maximum Gasteiger partial charge on any atom is 0.305 e. The van der Waals surface area contributed by atoms with E-state index in [0.29, 0.717) is 47.4 Å². The number of anilines is 1. The van der Waals surface area contributed by atoms with E-state index in [-0.39, 0.29) is 11.9 Å². The van der Waals surface area contributed by atoms with Gasteiger partial charge in [0.15, 0.2) is 0 Å². The lowest BCUT2D eigenvalue weighted by atomic mass is 9.91. The van der Waals surface area contributed by atoms with Gasteiger partial charge in [-0.25, -0.2) is 0 Å². The van der Waals surface area contributed by atoms with Crippen LogP contribution in [0.4, 0.5) is 5.69 Å². The van der Waals surface area contributed by atoms with E-state index in [4.69, 9.17) is 33.7 Å². The first-order chi connectivity index (χ1) is 14.9. The van der Waals surface area contributed by atoms with Gasteiger partial charge in [0.25, 0.3) is 0 Å². The summed E-state index contributed by atoms with van der Waals surface area (Å²) >= 11 is 12.1. The third kappa shape index (κ3) is 8.69. The van der Waals surface area contributed by atoms with E-state index in [2.05, 4.69) is 24.4 Å². The number of nitrogens with two attached hydrogens (primary N) is 1. The normalized spacial score (nSPS) is 13.0. The summed E-state index contributed by atoms with van der Waals surface area (Å²) in [6.07, 6.45) is 3.11. The van der Waals surface area contributed by atoms with Crippen LogP contribution >= 0.6 is 23.2 Å². The predicted molar refractivity (Wildman–Crippen MR) is 128 cm³/mol. The number of carbonyl (C=O) groups excluding carboxylic acids is 1. The Morgan fingerprint density at radius 1 is 1.13 bits per heavy atom. The van der Waals surface area contributed by atoms with E-state index in [0.717, 1.165) is 25.7 Å². The highest BCUT2D eigenvalue weighted by atomic mass is 35.5. The number of ether oxygens (including phenoxy) is 1. The van der Waals surface area contributed by atoms with Crippen molar-refractivity contribution in [3.05, 3.63) is 63.6 Å². The summed E-state index contributed by atoms with van der Waals surface area (Å²) in [5, 5.41) is 14.4. The van der Waals surface area contributed by atoms with Gasteiger partial charge in [-0.1, -0.05) is 66.9 Å². The number of esters is 1. The molecule has 170 valence electrons. The van der Waals surface area contributed by atoms with E-state index in [1.807, 2.05) is 18.2 Å². The number of nitrogen functional groups attached to an aromatic ring is 1. The Bertz CT molecular complexity index is 795. The molecule has 0 aliphatic heterocycles. The Labute approximate surface area is 194 Å². The molecule has 2 rings (SSSR count). The highest BCUT2D eigenvalue weighted by Crippen LogP contribution is 2.31. The Balaban J connectivity index is 1.85. The standard InChI is InChI=1S/C24H32Cl2N2O3/c1-2-3-13-31-23(30)10-9-18(17-7-5-4-6-8-17)11-12-28-16-22(29)19-14-20(25)24(27)21(26)15-19/h4-8,14-15,18,22,28-29H,2-3,9-13,16,27H2,1H3. The summed E-state index contributed by atoms with van der Waals surface area (Å²) in [5.74, 6) is 0.0832.